The maximum absolute atomic E-state index is 12.5. The largest absolute Gasteiger partial charge is 0.393 e. The van der Waals surface area contributed by atoms with Crippen LogP contribution in [0.3, 0.4) is 0 Å². The van der Waals surface area contributed by atoms with Crippen LogP contribution < -0.4 is 5.32 Å². The van der Waals surface area contributed by atoms with Crippen molar-refractivity contribution in [3.63, 3.8) is 0 Å². The third-order valence-electron chi connectivity index (χ3n) is 6.22. The average molecular weight is 308 g/mol. The minimum atomic E-state index is -0.182. The van der Waals surface area contributed by atoms with Crippen molar-refractivity contribution in [1.82, 2.24) is 10.2 Å². The van der Waals surface area contributed by atoms with E-state index in [2.05, 4.69) is 10.2 Å². The Bertz CT molecular complexity index is 365. The molecule has 0 unspecified atom stereocenters. The average Bonchev–Trinajstić information content (AvgIpc) is 3.04. The van der Waals surface area contributed by atoms with Gasteiger partial charge in [0.05, 0.1) is 6.10 Å². The molecule has 0 bridgehead atoms. The monoisotopic (exact) mass is 308 g/mol. The number of carbonyl (C=O) groups is 1. The van der Waals surface area contributed by atoms with Crippen LogP contribution in [-0.2, 0) is 4.79 Å². The summed E-state index contributed by atoms with van der Waals surface area (Å²) < 4.78 is 0. The van der Waals surface area contributed by atoms with Crippen LogP contribution >= 0.6 is 0 Å². The predicted molar refractivity (Wildman–Crippen MR) is 87.6 cm³/mol. The van der Waals surface area contributed by atoms with Gasteiger partial charge in [-0.15, -0.1) is 0 Å². The molecular formula is C18H32N2O2. The minimum Gasteiger partial charge on any atom is -0.393 e. The van der Waals surface area contributed by atoms with Gasteiger partial charge >= 0.3 is 0 Å². The summed E-state index contributed by atoms with van der Waals surface area (Å²) in [5.74, 6) is 0.360. The third-order valence-corrected chi connectivity index (χ3v) is 6.22. The number of aliphatic hydroxyl groups excluding tert-OH is 1. The first kappa shape index (κ1) is 16.3. The van der Waals surface area contributed by atoms with Crippen LogP contribution in [0.4, 0.5) is 0 Å². The summed E-state index contributed by atoms with van der Waals surface area (Å²) in [6.45, 7) is 3.27. The summed E-state index contributed by atoms with van der Waals surface area (Å²) in [6, 6.07) is 0. The lowest BCUT2D eigenvalue weighted by molar-refractivity contribution is -0.127. The Kier molecular flexibility index (Phi) is 5.40. The van der Waals surface area contributed by atoms with E-state index in [1.165, 1.54) is 58.0 Å². The maximum Gasteiger partial charge on any atom is 0.223 e. The van der Waals surface area contributed by atoms with Gasteiger partial charge in [0.1, 0.15) is 0 Å². The number of aliphatic hydroxyl groups is 1. The van der Waals surface area contributed by atoms with E-state index in [0.717, 1.165) is 32.2 Å². The molecule has 4 nitrogen and oxygen atoms in total. The van der Waals surface area contributed by atoms with Crippen LogP contribution in [0.5, 0.6) is 0 Å². The highest BCUT2D eigenvalue weighted by Crippen LogP contribution is 2.36. The standard InChI is InChI=1S/C18H32N2O2/c21-16-8-6-15(7-9-16)17(22)19-14-18(10-2-3-11-18)20-12-4-1-5-13-20/h15-16,21H,1-14H2,(H,19,22). The number of piperidine rings is 1. The Morgan fingerprint density at radius 1 is 1.00 bits per heavy atom. The molecule has 22 heavy (non-hydrogen) atoms. The fourth-order valence-corrected chi connectivity index (χ4v) is 4.74. The second kappa shape index (κ2) is 7.31. The summed E-state index contributed by atoms with van der Waals surface area (Å²) in [6.07, 6.45) is 12.2. The molecule has 1 saturated heterocycles. The van der Waals surface area contributed by atoms with E-state index >= 15 is 0 Å². The maximum atomic E-state index is 12.5. The summed E-state index contributed by atoms with van der Waals surface area (Å²) >= 11 is 0. The number of rotatable bonds is 4. The molecule has 2 saturated carbocycles. The van der Waals surface area contributed by atoms with Crippen molar-refractivity contribution in [1.29, 1.82) is 0 Å². The van der Waals surface area contributed by atoms with Crippen molar-refractivity contribution in [2.45, 2.75) is 82.3 Å². The van der Waals surface area contributed by atoms with Crippen LogP contribution in [0.2, 0.25) is 0 Å². The second-order valence-electron chi connectivity index (χ2n) is 7.70. The highest BCUT2D eigenvalue weighted by Gasteiger charge is 2.40. The van der Waals surface area contributed by atoms with Gasteiger partial charge in [0, 0.05) is 18.0 Å². The Hall–Kier alpha value is -0.610. The normalized spacial score (nSPS) is 32.8. The number of hydrogen-bond acceptors (Lipinski definition) is 3. The lowest BCUT2D eigenvalue weighted by Gasteiger charge is -2.44. The van der Waals surface area contributed by atoms with Gasteiger partial charge in [-0.25, -0.2) is 0 Å². The van der Waals surface area contributed by atoms with Crippen LogP contribution in [0.15, 0.2) is 0 Å². The van der Waals surface area contributed by atoms with E-state index < -0.39 is 0 Å². The van der Waals surface area contributed by atoms with Crippen molar-refractivity contribution in [2.24, 2.45) is 5.92 Å². The SMILES string of the molecule is O=C(NCC1(N2CCCCC2)CCCC1)C1CCC(O)CC1. The molecule has 0 aromatic rings. The van der Waals surface area contributed by atoms with E-state index in [4.69, 9.17) is 0 Å². The highest BCUT2D eigenvalue weighted by atomic mass is 16.3. The molecule has 0 aromatic carbocycles. The summed E-state index contributed by atoms with van der Waals surface area (Å²) in [5, 5.41) is 12.9. The zero-order valence-corrected chi connectivity index (χ0v) is 13.9. The van der Waals surface area contributed by atoms with Crippen LogP contribution in [-0.4, -0.2) is 47.2 Å². The van der Waals surface area contributed by atoms with Gasteiger partial charge < -0.3 is 10.4 Å². The van der Waals surface area contributed by atoms with Crippen molar-refractivity contribution in [2.75, 3.05) is 19.6 Å². The summed E-state index contributed by atoms with van der Waals surface area (Å²) in [4.78, 5) is 15.2. The van der Waals surface area contributed by atoms with E-state index in [1.54, 1.807) is 0 Å². The van der Waals surface area contributed by atoms with Gasteiger partial charge in [-0.05, 0) is 64.5 Å². The number of nitrogens with one attached hydrogen (secondary N) is 1. The van der Waals surface area contributed by atoms with Crippen LogP contribution in [0.1, 0.15) is 70.6 Å². The summed E-state index contributed by atoms with van der Waals surface area (Å²) in [7, 11) is 0. The molecule has 1 amide bonds. The highest BCUT2D eigenvalue weighted by molar-refractivity contribution is 5.78. The van der Waals surface area contributed by atoms with E-state index in [-0.39, 0.29) is 23.5 Å². The molecule has 126 valence electrons. The molecule has 3 aliphatic rings. The number of hydrogen-bond donors (Lipinski definition) is 2. The molecule has 2 aliphatic carbocycles. The van der Waals surface area contributed by atoms with Crippen molar-refractivity contribution in [3.8, 4) is 0 Å². The van der Waals surface area contributed by atoms with Crippen LogP contribution in [0, 0.1) is 5.92 Å². The topological polar surface area (TPSA) is 52.6 Å². The van der Waals surface area contributed by atoms with E-state index in [0.29, 0.717) is 0 Å². The number of carbonyl (C=O) groups excluding carboxylic acids is 1. The first-order chi connectivity index (χ1) is 10.7. The van der Waals surface area contributed by atoms with Gasteiger partial charge in [-0.1, -0.05) is 19.3 Å². The zero-order valence-electron chi connectivity index (χ0n) is 13.9. The zero-order chi connectivity index (χ0) is 15.4. The lowest BCUT2D eigenvalue weighted by atomic mass is 9.86. The Morgan fingerprint density at radius 3 is 2.27 bits per heavy atom. The molecular weight excluding hydrogens is 276 g/mol. The first-order valence-electron chi connectivity index (χ1n) is 9.40. The number of nitrogens with zero attached hydrogens (tertiary/aromatic N) is 1. The Labute approximate surface area is 134 Å². The Balaban J connectivity index is 1.54. The van der Waals surface area contributed by atoms with Gasteiger partial charge in [0.2, 0.25) is 5.91 Å². The Morgan fingerprint density at radius 2 is 1.64 bits per heavy atom. The van der Waals surface area contributed by atoms with Crippen molar-refractivity contribution in [3.05, 3.63) is 0 Å². The molecule has 3 rings (SSSR count). The molecule has 0 aromatic heterocycles. The number of likely N-dealkylation sites (tertiary alicyclic amines) is 1. The lowest BCUT2D eigenvalue weighted by Crippen LogP contribution is -2.56. The molecule has 0 radical (unpaired) electrons. The molecule has 4 heteroatoms. The predicted octanol–water partition coefficient (Wildman–Crippen LogP) is 2.45. The first-order valence-corrected chi connectivity index (χ1v) is 9.40. The second-order valence-corrected chi connectivity index (χ2v) is 7.70. The van der Waals surface area contributed by atoms with Gasteiger partial charge in [-0.2, -0.15) is 0 Å². The minimum absolute atomic E-state index is 0.128. The quantitative estimate of drug-likeness (QED) is 0.839. The smallest absolute Gasteiger partial charge is 0.223 e. The molecule has 1 aliphatic heterocycles. The van der Waals surface area contributed by atoms with Gasteiger partial charge in [0.25, 0.3) is 0 Å². The number of amides is 1. The van der Waals surface area contributed by atoms with Crippen molar-refractivity contribution >= 4 is 5.91 Å². The molecule has 0 atom stereocenters. The van der Waals surface area contributed by atoms with Crippen LogP contribution in [0.25, 0.3) is 0 Å². The van der Waals surface area contributed by atoms with E-state index in [9.17, 15) is 9.90 Å². The van der Waals surface area contributed by atoms with Gasteiger partial charge in [-0.3, -0.25) is 9.69 Å². The van der Waals surface area contributed by atoms with E-state index in [1.807, 2.05) is 0 Å². The van der Waals surface area contributed by atoms with Gasteiger partial charge in [0.15, 0.2) is 0 Å². The fourth-order valence-electron chi connectivity index (χ4n) is 4.74. The fraction of sp³-hybridized carbons (Fsp3) is 0.944. The molecule has 3 fully saturated rings. The third kappa shape index (κ3) is 3.65. The molecule has 0 spiro atoms. The molecule has 1 heterocycles. The molecule has 2 N–H and O–H groups in total. The summed E-state index contributed by atoms with van der Waals surface area (Å²) in [5.41, 5.74) is 0.240. The van der Waals surface area contributed by atoms with Crippen molar-refractivity contribution < 1.29 is 9.90 Å².